The Morgan fingerprint density at radius 2 is 1.86 bits per heavy atom. The van der Waals surface area contributed by atoms with E-state index in [-0.39, 0.29) is 37.5 Å². The van der Waals surface area contributed by atoms with Crippen LogP contribution in [-0.2, 0) is 7.05 Å². The van der Waals surface area contributed by atoms with Crippen molar-refractivity contribution in [2.45, 2.75) is 51.4 Å². The van der Waals surface area contributed by atoms with Crippen molar-refractivity contribution in [1.29, 1.82) is 0 Å². The first-order valence-corrected chi connectivity index (χ1v) is 13.3. The second-order valence-corrected chi connectivity index (χ2v) is 13.6. The number of fused-ring (bicyclic) bond motifs is 1. The monoisotopic (exact) mass is 418 g/mol. The Balaban J connectivity index is 2.17. The van der Waals surface area contributed by atoms with Gasteiger partial charge in [0.1, 0.15) is 8.07 Å². The maximum Gasteiger partial charge on any atom is 0.262 e. The number of alkyl halides is 2. The van der Waals surface area contributed by atoms with Gasteiger partial charge in [-0.05, 0) is 24.6 Å². The molecule has 2 N–H and O–H groups in total. The lowest BCUT2D eigenvalue weighted by atomic mass is 10.0. The van der Waals surface area contributed by atoms with Crippen LogP contribution in [0.3, 0.4) is 0 Å². The second-order valence-electron chi connectivity index (χ2n) is 8.87. The van der Waals surface area contributed by atoms with Crippen molar-refractivity contribution in [1.82, 2.24) is 9.55 Å². The number of aromatic nitrogens is 2. The van der Waals surface area contributed by atoms with Crippen molar-refractivity contribution in [3.05, 3.63) is 33.6 Å². The number of nitrogens with zero attached hydrogens (tertiary/aromatic N) is 3. The Labute approximate surface area is 170 Å². The number of rotatable bonds is 2. The van der Waals surface area contributed by atoms with Crippen LogP contribution in [0.25, 0.3) is 10.9 Å². The van der Waals surface area contributed by atoms with Crippen molar-refractivity contribution >= 4 is 24.9 Å². The lowest BCUT2D eigenvalue weighted by molar-refractivity contribution is -0.0223. The van der Waals surface area contributed by atoms with Gasteiger partial charge in [-0.2, -0.15) is 0 Å². The smallest absolute Gasteiger partial charge is 0.262 e. The van der Waals surface area contributed by atoms with Gasteiger partial charge in [0.15, 0.2) is 0 Å². The zero-order valence-corrected chi connectivity index (χ0v) is 18.6. The van der Waals surface area contributed by atoms with E-state index in [1.54, 1.807) is 18.0 Å². The van der Waals surface area contributed by atoms with Crippen LogP contribution in [0.4, 0.5) is 14.7 Å². The van der Waals surface area contributed by atoms with Crippen molar-refractivity contribution < 1.29 is 8.78 Å². The largest absolute Gasteiger partial charge is 0.342 e. The highest BCUT2D eigenvalue weighted by Gasteiger charge is 2.35. The van der Waals surface area contributed by atoms with E-state index in [1.807, 2.05) is 13.0 Å². The summed E-state index contributed by atoms with van der Waals surface area (Å²) in [6.45, 7) is 8.62. The minimum Gasteiger partial charge on any atom is -0.342 e. The molecule has 1 atom stereocenters. The fourth-order valence-corrected chi connectivity index (χ4v) is 3.91. The minimum atomic E-state index is -2.66. The molecule has 2 aromatic rings. The van der Waals surface area contributed by atoms with E-state index in [1.165, 1.54) is 4.57 Å². The van der Waals surface area contributed by atoms with Gasteiger partial charge in [-0.15, -0.1) is 5.54 Å². The Kier molecular flexibility index (Phi) is 5.58. The fourth-order valence-electron chi connectivity index (χ4n) is 3.39. The van der Waals surface area contributed by atoms with E-state index in [2.05, 4.69) is 31.1 Å². The van der Waals surface area contributed by atoms with E-state index in [0.717, 1.165) is 11.1 Å². The Hall–Kier alpha value is -2.24. The lowest BCUT2D eigenvalue weighted by Crippen LogP contribution is -2.42. The van der Waals surface area contributed by atoms with E-state index < -0.39 is 14.0 Å². The fraction of sp³-hybridized carbons (Fsp3) is 0.524. The normalized spacial score (nSPS) is 17.7. The summed E-state index contributed by atoms with van der Waals surface area (Å²) in [6.07, 6.45) is -0.488. The summed E-state index contributed by atoms with van der Waals surface area (Å²) in [7, 11) is 0.0486. The molecule has 0 radical (unpaired) electrons. The van der Waals surface area contributed by atoms with Crippen molar-refractivity contribution in [2.24, 2.45) is 12.8 Å². The molecule has 2 heterocycles. The molecule has 1 aliphatic rings. The standard InChI is InChI=1S/C21H28F2N4OSi/c1-14(24)16-12-15(6-11-29(3,4)5)13-17-18(16)25-20(26(2)19(17)28)27-9-7-21(22,23)8-10-27/h12-14H,7-10,24H2,1-5H3/t14-/m1/s1. The number of benzene rings is 1. The van der Waals surface area contributed by atoms with Gasteiger partial charge in [0.25, 0.3) is 11.5 Å². The summed E-state index contributed by atoms with van der Waals surface area (Å²) in [6, 6.07) is 3.31. The third-order valence-corrected chi connectivity index (χ3v) is 5.91. The third kappa shape index (κ3) is 4.68. The van der Waals surface area contributed by atoms with E-state index >= 15 is 0 Å². The van der Waals surface area contributed by atoms with Gasteiger partial charge in [-0.3, -0.25) is 9.36 Å². The molecule has 1 aromatic carbocycles. The van der Waals surface area contributed by atoms with Gasteiger partial charge in [0.05, 0.1) is 10.9 Å². The number of anilines is 1. The Morgan fingerprint density at radius 1 is 1.24 bits per heavy atom. The molecule has 0 unspecified atom stereocenters. The second kappa shape index (κ2) is 7.54. The average Bonchev–Trinajstić information content (AvgIpc) is 2.62. The molecule has 0 aliphatic carbocycles. The van der Waals surface area contributed by atoms with Crippen molar-refractivity contribution in [2.75, 3.05) is 18.0 Å². The summed E-state index contributed by atoms with van der Waals surface area (Å²) in [5, 5.41) is 0.452. The molecule has 0 spiro atoms. The first-order valence-electron chi connectivity index (χ1n) is 9.84. The first kappa shape index (κ1) is 21.5. The van der Waals surface area contributed by atoms with Gasteiger partial charge in [0, 0.05) is 44.6 Å². The number of hydrogen-bond acceptors (Lipinski definition) is 4. The number of hydrogen-bond donors (Lipinski definition) is 1. The molecule has 0 bridgehead atoms. The number of nitrogens with two attached hydrogens (primary N) is 1. The molecule has 3 rings (SSSR count). The van der Waals surface area contributed by atoms with E-state index in [0.29, 0.717) is 16.9 Å². The van der Waals surface area contributed by atoms with Crippen LogP contribution in [0.5, 0.6) is 0 Å². The van der Waals surface area contributed by atoms with E-state index in [9.17, 15) is 13.6 Å². The van der Waals surface area contributed by atoms with Crippen LogP contribution in [0, 0.1) is 11.5 Å². The average molecular weight is 419 g/mol. The topological polar surface area (TPSA) is 64.2 Å². The molecule has 156 valence electrons. The maximum absolute atomic E-state index is 13.6. The van der Waals surface area contributed by atoms with Gasteiger partial charge >= 0.3 is 0 Å². The molecule has 8 heteroatoms. The summed E-state index contributed by atoms with van der Waals surface area (Å²) >= 11 is 0. The van der Waals surface area contributed by atoms with Crippen LogP contribution in [0.1, 0.15) is 36.9 Å². The highest BCUT2D eigenvalue weighted by molar-refractivity contribution is 6.83. The van der Waals surface area contributed by atoms with Crippen molar-refractivity contribution in [3.63, 3.8) is 0 Å². The van der Waals surface area contributed by atoms with Crippen LogP contribution in [0.2, 0.25) is 19.6 Å². The summed E-state index contributed by atoms with van der Waals surface area (Å²) in [4.78, 5) is 19.6. The zero-order valence-electron chi connectivity index (χ0n) is 17.6. The summed E-state index contributed by atoms with van der Waals surface area (Å²) in [5.74, 6) is 0.936. The third-order valence-electron chi connectivity index (χ3n) is 5.04. The SMILES string of the molecule is C[C@@H](N)c1cc(C#C[Si](C)(C)C)cc2c(=O)n(C)c(N3CCC(F)(F)CC3)nc12. The molecule has 1 aromatic heterocycles. The molecule has 1 aliphatic heterocycles. The number of halogens is 2. The maximum atomic E-state index is 13.6. The molecule has 0 saturated carbocycles. The molecule has 0 amide bonds. The highest BCUT2D eigenvalue weighted by atomic mass is 28.3. The Morgan fingerprint density at radius 3 is 2.41 bits per heavy atom. The first-order chi connectivity index (χ1) is 13.4. The van der Waals surface area contributed by atoms with Gasteiger partial charge in [0.2, 0.25) is 5.95 Å². The molecular weight excluding hydrogens is 390 g/mol. The quantitative estimate of drug-likeness (QED) is 0.600. The van der Waals surface area contributed by atoms with Crippen LogP contribution in [-0.4, -0.2) is 36.6 Å². The van der Waals surface area contributed by atoms with Crippen LogP contribution < -0.4 is 16.2 Å². The predicted octanol–water partition coefficient (Wildman–Crippen LogP) is 3.42. The van der Waals surface area contributed by atoms with Gasteiger partial charge in [-0.25, -0.2) is 13.8 Å². The lowest BCUT2D eigenvalue weighted by Gasteiger charge is -2.33. The van der Waals surface area contributed by atoms with Gasteiger partial charge < -0.3 is 10.6 Å². The molecule has 29 heavy (non-hydrogen) atoms. The zero-order chi connectivity index (χ0) is 21.6. The summed E-state index contributed by atoms with van der Waals surface area (Å²) in [5.41, 5.74) is 11.3. The van der Waals surface area contributed by atoms with Gasteiger partial charge in [-0.1, -0.05) is 25.6 Å². The molecule has 1 saturated heterocycles. The Bertz CT molecular complexity index is 1050. The predicted molar refractivity (Wildman–Crippen MR) is 116 cm³/mol. The molecular formula is C21H28F2N4OSi. The van der Waals surface area contributed by atoms with E-state index in [4.69, 9.17) is 10.7 Å². The van der Waals surface area contributed by atoms with Crippen molar-refractivity contribution in [3.8, 4) is 11.5 Å². The summed E-state index contributed by atoms with van der Waals surface area (Å²) < 4.78 is 28.5. The van der Waals surface area contributed by atoms with Crippen LogP contribution in [0.15, 0.2) is 16.9 Å². The highest BCUT2D eigenvalue weighted by Crippen LogP contribution is 2.30. The van der Waals surface area contributed by atoms with Crippen LogP contribution >= 0.6 is 0 Å². The molecule has 1 fully saturated rings. The molecule has 5 nitrogen and oxygen atoms in total. The number of piperidine rings is 1. The minimum absolute atomic E-state index is 0.159.